The van der Waals surface area contributed by atoms with Gasteiger partial charge in [0.1, 0.15) is 0 Å². The van der Waals surface area contributed by atoms with Crippen molar-refractivity contribution in [2.24, 2.45) is 0 Å². The van der Waals surface area contributed by atoms with Gasteiger partial charge in [-0.3, -0.25) is 4.79 Å². The SMILES string of the molecule is Cc1ccc(C(=O)N2CCOC[C@@H]2CN(C)CCO)cc1. The van der Waals surface area contributed by atoms with Gasteiger partial charge < -0.3 is 19.6 Å². The summed E-state index contributed by atoms with van der Waals surface area (Å²) in [5.41, 5.74) is 1.87. The molecule has 1 aromatic rings. The second kappa shape index (κ2) is 7.54. The zero-order valence-corrected chi connectivity index (χ0v) is 12.8. The van der Waals surface area contributed by atoms with Crippen molar-refractivity contribution in [2.75, 3.05) is 46.5 Å². The van der Waals surface area contributed by atoms with Crippen LogP contribution in [0, 0.1) is 6.92 Å². The third-order valence-corrected chi connectivity index (χ3v) is 3.79. The number of aryl methyl sites for hydroxylation is 1. The fraction of sp³-hybridized carbons (Fsp3) is 0.562. The summed E-state index contributed by atoms with van der Waals surface area (Å²) in [7, 11) is 1.94. The molecule has 21 heavy (non-hydrogen) atoms. The molecule has 1 N–H and O–H groups in total. The van der Waals surface area contributed by atoms with Gasteiger partial charge in [0.2, 0.25) is 0 Å². The van der Waals surface area contributed by atoms with Crippen molar-refractivity contribution < 1.29 is 14.6 Å². The molecular weight excluding hydrogens is 268 g/mol. The highest BCUT2D eigenvalue weighted by Gasteiger charge is 2.28. The van der Waals surface area contributed by atoms with E-state index in [2.05, 4.69) is 0 Å². The summed E-state index contributed by atoms with van der Waals surface area (Å²) in [4.78, 5) is 16.6. The fourth-order valence-electron chi connectivity index (χ4n) is 2.56. The van der Waals surface area contributed by atoms with Crippen LogP contribution in [0.3, 0.4) is 0 Å². The zero-order chi connectivity index (χ0) is 15.2. The molecular formula is C16H24N2O3. The van der Waals surface area contributed by atoms with Crippen LogP contribution in [-0.2, 0) is 4.74 Å². The molecule has 1 aliphatic rings. The van der Waals surface area contributed by atoms with E-state index >= 15 is 0 Å². The molecule has 0 radical (unpaired) electrons. The first-order chi connectivity index (χ1) is 10.1. The summed E-state index contributed by atoms with van der Waals surface area (Å²) < 4.78 is 5.51. The smallest absolute Gasteiger partial charge is 0.254 e. The van der Waals surface area contributed by atoms with Gasteiger partial charge in [-0.25, -0.2) is 0 Å². The van der Waals surface area contributed by atoms with E-state index in [0.29, 0.717) is 32.8 Å². The number of aliphatic hydroxyl groups excluding tert-OH is 1. The van der Waals surface area contributed by atoms with Crippen molar-refractivity contribution in [1.82, 2.24) is 9.80 Å². The van der Waals surface area contributed by atoms with Gasteiger partial charge in [-0.2, -0.15) is 0 Å². The highest BCUT2D eigenvalue weighted by Crippen LogP contribution is 2.14. The molecule has 1 heterocycles. The van der Waals surface area contributed by atoms with Crippen molar-refractivity contribution in [3.05, 3.63) is 35.4 Å². The third-order valence-electron chi connectivity index (χ3n) is 3.79. The zero-order valence-electron chi connectivity index (χ0n) is 12.8. The third kappa shape index (κ3) is 4.27. The van der Waals surface area contributed by atoms with E-state index in [1.807, 2.05) is 48.0 Å². The Morgan fingerprint density at radius 1 is 1.43 bits per heavy atom. The average Bonchev–Trinajstić information content (AvgIpc) is 2.48. The molecule has 0 aliphatic carbocycles. The first-order valence-electron chi connectivity index (χ1n) is 7.36. The number of likely N-dealkylation sites (N-methyl/N-ethyl adjacent to an activating group) is 1. The highest BCUT2D eigenvalue weighted by molar-refractivity contribution is 5.94. The van der Waals surface area contributed by atoms with Gasteiger partial charge in [0.25, 0.3) is 5.91 Å². The predicted octanol–water partition coefficient (Wildman–Crippen LogP) is 0.760. The summed E-state index contributed by atoms with van der Waals surface area (Å²) in [6, 6.07) is 7.70. The van der Waals surface area contributed by atoms with Gasteiger partial charge in [0.05, 0.1) is 25.9 Å². The van der Waals surface area contributed by atoms with E-state index in [0.717, 1.165) is 11.1 Å². The van der Waals surface area contributed by atoms with Gasteiger partial charge in [-0.15, -0.1) is 0 Å². The Balaban J connectivity index is 2.06. The van der Waals surface area contributed by atoms with Crippen LogP contribution in [0.4, 0.5) is 0 Å². The lowest BCUT2D eigenvalue weighted by Crippen LogP contribution is -2.53. The molecule has 1 saturated heterocycles. The number of benzene rings is 1. The molecule has 0 saturated carbocycles. The van der Waals surface area contributed by atoms with Crippen LogP contribution in [0.2, 0.25) is 0 Å². The first kappa shape index (κ1) is 15.9. The van der Waals surface area contributed by atoms with E-state index < -0.39 is 0 Å². The summed E-state index contributed by atoms with van der Waals surface area (Å²) in [6.07, 6.45) is 0. The van der Waals surface area contributed by atoms with Crippen LogP contribution in [0.25, 0.3) is 0 Å². The van der Waals surface area contributed by atoms with Gasteiger partial charge in [-0.05, 0) is 26.1 Å². The number of carbonyl (C=O) groups excluding carboxylic acids is 1. The van der Waals surface area contributed by atoms with Gasteiger partial charge in [0, 0.05) is 25.2 Å². The summed E-state index contributed by atoms with van der Waals surface area (Å²) >= 11 is 0. The Morgan fingerprint density at radius 3 is 2.81 bits per heavy atom. The van der Waals surface area contributed by atoms with Crippen LogP contribution in [0.15, 0.2) is 24.3 Å². The maximum Gasteiger partial charge on any atom is 0.254 e. The van der Waals surface area contributed by atoms with Crippen molar-refractivity contribution in [3.8, 4) is 0 Å². The van der Waals surface area contributed by atoms with Crippen molar-refractivity contribution >= 4 is 5.91 Å². The monoisotopic (exact) mass is 292 g/mol. The molecule has 2 rings (SSSR count). The molecule has 116 valence electrons. The molecule has 0 unspecified atom stereocenters. The minimum Gasteiger partial charge on any atom is -0.395 e. The van der Waals surface area contributed by atoms with Crippen LogP contribution in [-0.4, -0.2) is 73.4 Å². The molecule has 1 aromatic carbocycles. The standard InChI is InChI=1S/C16H24N2O3/c1-13-3-5-14(6-4-13)16(20)18-8-10-21-12-15(18)11-17(2)7-9-19/h3-6,15,19H,7-12H2,1-2H3/t15-/m0/s1. The Morgan fingerprint density at radius 2 is 2.14 bits per heavy atom. The molecule has 1 aliphatic heterocycles. The minimum absolute atomic E-state index is 0.0316. The van der Waals surface area contributed by atoms with Crippen molar-refractivity contribution in [3.63, 3.8) is 0 Å². The number of rotatable bonds is 5. The van der Waals surface area contributed by atoms with E-state index in [4.69, 9.17) is 9.84 Å². The number of hydrogen-bond acceptors (Lipinski definition) is 4. The first-order valence-corrected chi connectivity index (χ1v) is 7.36. The van der Waals surface area contributed by atoms with Crippen LogP contribution in [0.1, 0.15) is 15.9 Å². The molecule has 1 atom stereocenters. The normalized spacial score (nSPS) is 19.0. The lowest BCUT2D eigenvalue weighted by molar-refractivity contribution is -0.0109. The number of nitrogens with zero attached hydrogens (tertiary/aromatic N) is 2. The van der Waals surface area contributed by atoms with Crippen molar-refractivity contribution in [2.45, 2.75) is 13.0 Å². The lowest BCUT2D eigenvalue weighted by atomic mass is 10.1. The number of amides is 1. The Hall–Kier alpha value is -1.43. The van der Waals surface area contributed by atoms with Gasteiger partial charge >= 0.3 is 0 Å². The Kier molecular flexibility index (Phi) is 5.73. The molecule has 1 amide bonds. The molecule has 0 aromatic heterocycles. The Labute approximate surface area is 126 Å². The second-order valence-electron chi connectivity index (χ2n) is 5.58. The summed E-state index contributed by atoms with van der Waals surface area (Å²) in [5, 5.41) is 8.99. The van der Waals surface area contributed by atoms with Gasteiger partial charge in [-0.1, -0.05) is 17.7 Å². The number of hydrogen-bond donors (Lipinski definition) is 1. The van der Waals surface area contributed by atoms with Crippen LogP contribution < -0.4 is 0 Å². The number of aliphatic hydroxyl groups is 1. The highest BCUT2D eigenvalue weighted by atomic mass is 16.5. The summed E-state index contributed by atoms with van der Waals surface area (Å²) in [5.74, 6) is 0.0562. The van der Waals surface area contributed by atoms with Gasteiger partial charge in [0.15, 0.2) is 0 Å². The predicted molar refractivity (Wildman–Crippen MR) is 81.4 cm³/mol. The van der Waals surface area contributed by atoms with E-state index in [1.54, 1.807) is 0 Å². The number of ether oxygens (including phenoxy) is 1. The van der Waals surface area contributed by atoms with E-state index in [-0.39, 0.29) is 18.6 Å². The van der Waals surface area contributed by atoms with Crippen LogP contribution >= 0.6 is 0 Å². The lowest BCUT2D eigenvalue weighted by Gasteiger charge is -2.37. The van der Waals surface area contributed by atoms with E-state index in [9.17, 15) is 4.79 Å². The molecule has 1 fully saturated rings. The fourth-order valence-corrected chi connectivity index (χ4v) is 2.56. The number of carbonyl (C=O) groups is 1. The maximum atomic E-state index is 12.7. The largest absolute Gasteiger partial charge is 0.395 e. The van der Waals surface area contributed by atoms with Crippen molar-refractivity contribution in [1.29, 1.82) is 0 Å². The summed E-state index contributed by atoms with van der Waals surface area (Å²) in [6.45, 7) is 5.18. The van der Waals surface area contributed by atoms with Crippen LogP contribution in [0.5, 0.6) is 0 Å². The minimum atomic E-state index is 0.0316. The van der Waals surface area contributed by atoms with E-state index in [1.165, 1.54) is 0 Å². The Bertz CT molecular complexity index is 461. The topological polar surface area (TPSA) is 53.0 Å². The maximum absolute atomic E-state index is 12.7. The average molecular weight is 292 g/mol. The second-order valence-corrected chi connectivity index (χ2v) is 5.58. The quantitative estimate of drug-likeness (QED) is 0.870. The molecule has 0 spiro atoms. The molecule has 0 bridgehead atoms. The number of morpholine rings is 1. The molecule has 5 nitrogen and oxygen atoms in total. The molecule has 5 heteroatoms.